The summed E-state index contributed by atoms with van der Waals surface area (Å²) in [6.07, 6.45) is 6.31. The van der Waals surface area contributed by atoms with Crippen molar-refractivity contribution in [1.29, 1.82) is 0 Å². The van der Waals surface area contributed by atoms with E-state index in [2.05, 4.69) is 50.1 Å². The Hall–Kier alpha value is -0.380. The summed E-state index contributed by atoms with van der Waals surface area (Å²) in [7, 11) is 0. The Balaban J connectivity index is 2.09. The SMILES string of the molecule is CC/C=C\[C@@H](C)CNC1O[C@H]1CN(CC)CC. The second-order valence-electron chi connectivity index (χ2n) is 4.80. The third-order valence-electron chi connectivity index (χ3n) is 3.26. The summed E-state index contributed by atoms with van der Waals surface area (Å²) in [6.45, 7) is 13.1. The smallest absolute Gasteiger partial charge is 0.136 e. The highest BCUT2D eigenvalue weighted by molar-refractivity contribution is 4.90. The molecule has 1 N–H and O–H groups in total. The number of allylic oxidation sites excluding steroid dienone is 1. The molecule has 1 rings (SSSR count). The molecular weight excluding hydrogens is 212 g/mol. The molecule has 0 aliphatic carbocycles. The van der Waals surface area contributed by atoms with Crippen LogP contribution < -0.4 is 5.32 Å². The van der Waals surface area contributed by atoms with Gasteiger partial charge in [0, 0.05) is 13.1 Å². The number of likely N-dealkylation sites (N-methyl/N-ethyl adjacent to an activating group) is 1. The van der Waals surface area contributed by atoms with Crippen molar-refractivity contribution >= 4 is 0 Å². The Morgan fingerprint density at radius 1 is 1.29 bits per heavy atom. The van der Waals surface area contributed by atoms with Crippen LogP contribution in [0.15, 0.2) is 12.2 Å². The number of ether oxygens (including phenoxy) is 1. The van der Waals surface area contributed by atoms with E-state index in [9.17, 15) is 0 Å². The van der Waals surface area contributed by atoms with Crippen molar-refractivity contribution in [2.75, 3.05) is 26.2 Å². The fourth-order valence-corrected chi connectivity index (χ4v) is 1.94. The number of nitrogens with one attached hydrogen (secondary N) is 1. The normalized spacial score (nSPS) is 25.7. The van der Waals surface area contributed by atoms with Crippen molar-refractivity contribution in [3.8, 4) is 0 Å². The molecule has 1 heterocycles. The van der Waals surface area contributed by atoms with Crippen molar-refractivity contribution in [2.45, 2.75) is 46.4 Å². The van der Waals surface area contributed by atoms with Crippen molar-refractivity contribution in [1.82, 2.24) is 10.2 Å². The lowest BCUT2D eigenvalue weighted by Crippen LogP contribution is -2.31. The molecule has 1 aliphatic rings. The second kappa shape index (κ2) is 7.85. The molecule has 17 heavy (non-hydrogen) atoms. The van der Waals surface area contributed by atoms with E-state index in [0.717, 1.165) is 32.6 Å². The van der Waals surface area contributed by atoms with Crippen LogP contribution in [0.1, 0.15) is 34.1 Å². The molecule has 1 unspecified atom stereocenters. The zero-order valence-electron chi connectivity index (χ0n) is 11.8. The van der Waals surface area contributed by atoms with Crippen LogP contribution in [0.2, 0.25) is 0 Å². The van der Waals surface area contributed by atoms with Gasteiger partial charge >= 0.3 is 0 Å². The lowest BCUT2D eigenvalue weighted by atomic mass is 10.1. The summed E-state index contributed by atoms with van der Waals surface area (Å²) < 4.78 is 5.63. The van der Waals surface area contributed by atoms with Gasteiger partial charge in [0.2, 0.25) is 0 Å². The number of nitrogens with zero attached hydrogens (tertiary/aromatic N) is 1. The molecule has 3 nitrogen and oxygen atoms in total. The molecular formula is C14H28N2O. The van der Waals surface area contributed by atoms with E-state index in [1.165, 1.54) is 0 Å². The Labute approximate surface area is 106 Å². The maximum atomic E-state index is 5.63. The third-order valence-corrected chi connectivity index (χ3v) is 3.26. The van der Waals surface area contributed by atoms with Crippen LogP contribution in [0.5, 0.6) is 0 Å². The highest BCUT2D eigenvalue weighted by atomic mass is 16.6. The average Bonchev–Trinajstić information content (AvgIpc) is 3.09. The molecule has 0 spiro atoms. The van der Waals surface area contributed by atoms with Crippen molar-refractivity contribution < 1.29 is 4.74 Å². The van der Waals surface area contributed by atoms with Gasteiger partial charge in [0.05, 0.1) is 0 Å². The first-order valence-electron chi connectivity index (χ1n) is 6.99. The minimum absolute atomic E-state index is 0.285. The van der Waals surface area contributed by atoms with Crippen molar-refractivity contribution in [3.05, 3.63) is 12.2 Å². The molecule has 0 aromatic heterocycles. The molecule has 0 aromatic carbocycles. The van der Waals surface area contributed by atoms with Crippen LogP contribution in [-0.4, -0.2) is 43.4 Å². The Bertz CT molecular complexity index is 226. The van der Waals surface area contributed by atoms with Gasteiger partial charge in [0.1, 0.15) is 12.3 Å². The lowest BCUT2D eigenvalue weighted by Gasteiger charge is -2.16. The number of rotatable bonds is 9. The van der Waals surface area contributed by atoms with Crippen LogP contribution in [0.3, 0.4) is 0 Å². The molecule has 0 saturated carbocycles. The summed E-state index contributed by atoms with van der Waals surface area (Å²) in [5, 5.41) is 3.47. The number of hydrogen-bond donors (Lipinski definition) is 1. The fourth-order valence-electron chi connectivity index (χ4n) is 1.94. The molecule has 1 aliphatic heterocycles. The van der Waals surface area contributed by atoms with E-state index < -0.39 is 0 Å². The predicted molar refractivity (Wildman–Crippen MR) is 73.0 cm³/mol. The van der Waals surface area contributed by atoms with E-state index in [0.29, 0.717) is 12.0 Å². The first-order valence-corrected chi connectivity index (χ1v) is 6.99. The first kappa shape index (κ1) is 14.7. The minimum atomic E-state index is 0.285. The molecule has 0 amide bonds. The van der Waals surface area contributed by atoms with Gasteiger partial charge in [-0.3, -0.25) is 5.32 Å². The van der Waals surface area contributed by atoms with Gasteiger partial charge in [-0.1, -0.05) is 39.8 Å². The lowest BCUT2D eigenvalue weighted by molar-refractivity contribution is 0.258. The molecule has 3 atom stereocenters. The van der Waals surface area contributed by atoms with E-state index in [1.54, 1.807) is 0 Å². The maximum Gasteiger partial charge on any atom is 0.136 e. The van der Waals surface area contributed by atoms with E-state index >= 15 is 0 Å². The summed E-state index contributed by atoms with van der Waals surface area (Å²) >= 11 is 0. The minimum Gasteiger partial charge on any atom is -0.352 e. The zero-order chi connectivity index (χ0) is 12.7. The van der Waals surface area contributed by atoms with Gasteiger partial charge < -0.3 is 9.64 Å². The summed E-state index contributed by atoms with van der Waals surface area (Å²) in [4.78, 5) is 2.41. The topological polar surface area (TPSA) is 27.8 Å². The Morgan fingerprint density at radius 3 is 2.59 bits per heavy atom. The molecule has 0 bridgehead atoms. The predicted octanol–water partition coefficient (Wildman–Crippen LogP) is 2.25. The maximum absolute atomic E-state index is 5.63. The fraction of sp³-hybridized carbons (Fsp3) is 0.857. The monoisotopic (exact) mass is 240 g/mol. The number of hydrogen-bond acceptors (Lipinski definition) is 3. The van der Waals surface area contributed by atoms with Gasteiger partial charge in [-0.2, -0.15) is 0 Å². The largest absolute Gasteiger partial charge is 0.352 e. The standard InChI is InChI=1S/C14H28N2O/c1-5-8-9-12(4)10-15-14-13(17-14)11-16(6-2)7-3/h8-9,12-15H,5-7,10-11H2,1-4H3/b9-8-/t12-,13+,14?/m1/s1. The molecule has 0 aromatic rings. The quantitative estimate of drug-likeness (QED) is 0.495. The van der Waals surface area contributed by atoms with Gasteiger partial charge in [-0.15, -0.1) is 0 Å². The second-order valence-corrected chi connectivity index (χ2v) is 4.80. The van der Waals surface area contributed by atoms with E-state index in [1.807, 2.05) is 0 Å². The summed E-state index contributed by atoms with van der Waals surface area (Å²) in [5.41, 5.74) is 0. The van der Waals surface area contributed by atoms with Crippen LogP contribution in [0.25, 0.3) is 0 Å². The van der Waals surface area contributed by atoms with Crippen LogP contribution >= 0.6 is 0 Å². The summed E-state index contributed by atoms with van der Waals surface area (Å²) in [6, 6.07) is 0. The first-order chi connectivity index (χ1) is 8.21. The molecule has 1 fully saturated rings. The molecule has 3 heteroatoms. The van der Waals surface area contributed by atoms with Gasteiger partial charge in [0.25, 0.3) is 0 Å². The van der Waals surface area contributed by atoms with Crippen LogP contribution in [-0.2, 0) is 4.74 Å². The van der Waals surface area contributed by atoms with Crippen molar-refractivity contribution in [2.24, 2.45) is 5.92 Å². The Kier molecular flexibility index (Phi) is 6.78. The van der Waals surface area contributed by atoms with Gasteiger partial charge in [-0.05, 0) is 25.4 Å². The molecule has 1 saturated heterocycles. The van der Waals surface area contributed by atoms with Gasteiger partial charge in [-0.25, -0.2) is 0 Å². The van der Waals surface area contributed by atoms with E-state index in [-0.39, 0.29) is 6.23 Å². The van der Waals surface area contributed by atoms with Crippen LogP contribution in [0, 0.1) is 5.92 Å². The highest BCUT2D eigenvalue weighted by Crippen LogP contribution is 2.20. The number of epoxide rings is 1. The average molecular weight is 240 g/mol. The van der Waals surface area contributed by atoms with Gasteiger partial charge in [0.15, 0.2) is 0 Å². The third kappa shape index (κ3) is 5.66. The Morgan fingerprint density at radius 2 is 2.00 bits per heavy atom. The highest BCUT2D eigenvalue weighted by Gasteiger charge is 2.39. The van der Waals surface area contributed by atoms with Crippen LogP contribution in [0.4, 0.5) is 0 Å². The zero-order valence-corrected chi connectivity index (χ0v) is 11.8. The molecule has 100 valence electrons. The summed E-state index contributed by atoms with van der Waals surface area (Å²) in [5.74, 6) is 0.591. The molecule has 0 radical (unpaired) electrons. The van der Waals surface area contributed by atoms with Crippen molar-refractivity contribution in [3.63, 3.8) is 0 Å². The van der Waals surface area contributed by atoms with E-state index in [4.69, 9.17) is 4.74 Å².